The van der Waals surface area contributed by atoms with Crippen molar-refractivity contribution in [3.63, 3.8) is 0 Å². The van der Waals surface area contributed by atoms with Gasteiger partial charge < -0.3 is 19.5 Å². The lowest BCUT2D eigenvalue weighted by molar-refractivity contribution is -0.139. The van der Waals surface area contributed by atoms with Crippen LogP contribution in [-0.4, -0.2) is 25.5 Å². The summed E-state index contributed by atoms with van der Waals surface area (Å²) in [5.41, 5.74) is 5.61. The van der Waals surface area contributed by atoms with E-state index in [9.17, 15) is 9.59 Å². The highest BCUT2D eigenvalue weighted by molar-refractivity contribution is 6.04. The van der Waals surface area contributed by atoms with E-state index < -0.39 is 11.9 Å². The van der Waals surface area contributed by atoms with Gasteiger partial charge in [0.15, 0.2) is 17.3 Å². The molecule has 6 nitrogen and oxygen atoms in total. The van der Waals surface area contributed by atoms with Crippen molar-refractivity contribution < 1.29 is 23.8 Å². The molecule has 1 N–H and O–H groups in total. The molecule has 0 aromatic heterocycles. The Morgan fingerprint density at radius 1 is 0.925 bits per heavy atom. The zero-order valence-corrected chi connectivity index (χ0v) is 23.2. The van der Waals surface area contributed by atoms with E-state index in [4.69, 9.17) is 14.2 Å². The standard InChI is InChI=1S/C34H35NO5/c1-4-17-39-34(37)31-22(2)35-27-18-26(24-13-9-6-10-14-24)19-28(36)33(27)32(31)25-15-16-29(30(20-25)38-3)40-21-23-11-7-5-8-12-23/h5-16,20,26,32,35H,4,17-19,21H2,1-3H3. The molecule has 206 valence electrons. The number of Topliss-reactive ketones (excluding diaryl/α,β-unsaturated/α-hetero) is 1. The fraction of sp³-hybridized carbons (Fsp3) is 0.294. The lowest BCUT2D eigenvalue weighted by atomic mass is 9.71. The van der Waals surface area contributed by atoms with E-state index in [0.29, 0.717) is 60.8 Å². The quantitative estimate of drug-likeness (QED) is 0.311. The average molecular weight is 538 g/mol. The summed E-state index contributed by atoms with van der Waals surface area (Å²) in [4.78, 5) is 27.2. The van der Waals surface area contributed by atoms with Crippen molar-refractivity contribution in [2.24, 2.45) is 0 Å². The van der Waals surface area contributed by atoms with E-state index in [1.165, 1.54) is 0 Å². The molecule has 0 saturated heterocycles. The SMILES string of the molecule is CCCOC(=O)C1=C(C)NC2=C(C(=O)CC(c3ccccc3)C2)C1c1ccc(OCc2ccccc2)c(OC)c1. The van der Waals surface area contributed by atoms with Crippen molar-refractivity contribution in [2.75, 3.05) is 13.7 Å². The fourth-order valence-corrected chi connectivity index (χ4v) is 5.59. The van der Waals surface area contributed by atoms with Crippen molar-refractivity contribution in [3.8, 4) is 11.5 Å². The van der Waals surface area contributed by atoms with Gasteiger partial charge in [-0.05, 0) is 54.5 Å². The summed E-state index contributed by atoms with van der Waals surface area (Å²) in [5.74, 6) is 0.257. The largest absolute Gasteiger partial charge is 0.493 e. The Kier molecular flexibility index (Phi) is 8.34. The smallest absolute Gasteiger partial charge is 0.336 e. The first kappa shape index (κ1) is 27.3. The van der Waals surface area contributed by atoms with Gasteiger partial charge in [-0.15, -0.1) is 0 Å². The van der Waals surface area contributed by atoms with Crippen LogP contribution in [0.4, 0.5) is 0 Å². The van der Waals surface area contributed by atoms with E-state index in [1.807, 2.05) is 80.6 Å². The van der Waals surface area contributed by atoms with Crippen molar-refractivity contribution in [1.82, 2.24) is 5.32 Å². The van der Waals surface area contributed by atoms with Crippen LogP contribution >= 0.6 is 0 Å². The van der Waals surface area contributed by atoms with Gasteiger partial charge in [-0.1, -0.05) is 73.7 Å². The van der Waals surface area contributed by atoms with Gasteiger partial charge in [0.2, 0.25) is 0 Å². The highest BCUT2D eigenvalue weighted by Gasteiger charge is 2.41. The summed E-state index contributed by atoms with van der Waals surface area (Å²) in [5, 5.41) is 3.42. The number of dihydropyridines is 1. The van der Waals surface area contributed by atoms with Crippen LogP contribution in [0.2, 0.25) is 0 Å². The minimum absolute atomic E-state index is 0.0317. The van der Waals surface area contributed by atoms with E-state index in [-0.39, 0.29) is 11.7 Å². The van der Waals surface area contributed by atoms with Gasteiger partial charge in [-0.25, -0.2) is 4.79 Å². The van der Waals surface area contributed by atoms with E-state index in [0.717, 1.165) is 22.4 Å². The Morgan fingerprint density at radius 2 is 1.65 bits per heavy atom. The maximum absolute atomic E-state index is 13.8. The third-order valence-corrected chi connectivity index (χ3v) is 7.51. The number of carbonyl (C=O) groups excluding carboxylic acids is 2. The third kappa shape index (κ3) is 5.67. The molecule has 3 aromatic carbocycles. The van der Waals surface area contributed by atoms with Crippen LogP contribution in [0.25, 0.3) is 0 Å². The summed E-state index contributed by atoms with van der Waals surface area (Å²) in [6.07, 6.45) is 1.78. The van der Waals surface area contributed by atoms with Gasteiger partial charge in [-0.3, -0.25) is 4.79 Å². The van der Waals surface area contributed by atoms with Gasteiger partial charge >= 0.3 is 5.97 Å². The Labute approximate surface area is 235 Å². The second kappa shape index (κ2) is 12.2. The van der Waals surface area contributed by atoms with Crippen LogP contribution in [0.3, 0.4) is 0 Å². The second-order valence-electron chi connectivity index (χ2n) is 10.2. The number of allylic oxidation sites excluding steroid dienone is 3. The highest BCUT2D eigenvalue weighted by atomic mass is 16.5. The Morgan fingerprint density at radius 3 is 2.35 bits per heavy atom. The Hall–Kier alpha value is -4.32. The fourth-order valence-electron chi connectivity index (χ4n) is 5.59. The zero-order chi connectivity index (χ0) is 28.1. The molecule has 40 heavy (non-hydrogen) atoms. The first-order chi connectivity index (χ1) is 19.5. The van der Waals surface area contributed by atoms with Crippen LogP contribution in [0.1, 0.15) is 61.6 Å². The number of ether oxygens (including phenoxy) is 3. The molecule has 0 amide bonds. The molecule has 1 aliphatic heterocycles. The number of rotatable bonds is 9. The first-order valence-electron chi connectivity index (χ1n) is 13.8. The molecule has 1 heterocycles. The molecule has 3 aromatic rings. The predicted molar refractivity (Wildman–Crippen MR) is 154 cm³/mol. The molecule has 6 heteroatoms. The number of carbonyl (C=O) groups is 2. The number of esters is 1. The molecule has 0 saturated carbocycles. The predicted octanol–water partition coefficient (Wildman–Crippen LogP) is 6.59. The Balaban J connectivity index is 1.53. The lowest BCUT2D eigenvalue weighted by Gasteiger charge is -2.36. The molecule has 5 rings (SSSR count). The third-order valence-electron chi connectivity index (χ3n) is 7.51. The molecule has 2 aliphatic rings. The molecule has 0 radical (unpaired) electrons. The summed E-state index contributed by atoms with van der Waals surface area (Å²) < 4.78 is 17.4. The van der Waals surface area contributed by atoms with Crippen molar-refractivity contribution in [2.45, 2.75) is 51.6 Å². The number of nitrogens with one attached hydrogen (secondary N) is 1. The molecular weight excluding hydrogens is 502 g/mol. The molecule has 0 bridgehead atoms. The Bertz CT molecular complexity index is 1440. The van der Waals surface area contributed by atoms with E-state index in [1.54, 1.807) is 7.11 Å². The number of hydrogen-bond donors (Lipinski definition) is 1. The summed E-state index contributed by atoms with van der Waals surface area (Å²) in [7, 11) is 1.59. The molecular formula is C34H35NO5. The maximum Gasteiger partial charge on any atom is 0.336 e. The van der Waals surface area contributed by atoms with Gasteiger partial charge in [-0.2, -0.15) is 0 Å². The minimum Gasteiger partial charge on any atom is -0.493 e. The topological polar surface area (TPSA) is 73.9 Å². The molecule has 2 atom stereocenters. The van der Waals surface area contributed by atoms with Gasteiger partial charge in [0.1, 0.15) is 6.61 Å². The van der Waals surface area contributed by atoms with Crippen LogP contribution in [-0.2, 0) is 20.9 Å². The van der Waals surface area contributed by atoms with Crippen molar-refractivity contribution >= 4 is 11.8 Å². The molecule has 1 aliphatic carbocycles. The number of hydrogen-bond acceptors (Lipinski definition) is 6. The maximum atomic E-state index is 13.8. The van der Waals surface area contributed by atoms with Crippen LogP contribution in [0.5, 0.6) is 11.5 Å². The van der Waals surface area contributed by atoms with E-state index >= 15 is 0 Å². The number of methoxy groups -OCH3 is 1. The molecule has 2 unspecified atom stereocenters. The minimum atomic E-state index is -0.568. The van der Waals surface area contributed by atoms with Gasteiger partial charge in [0, 0.05) is 29.3 Å². The summed E-state index contributed by atoms with van der Waals surface area (Å²) in [6, 6.07) is 25.7. The molecule has 0 fully saturated rings. The van der Waals surface area contributed by atoms with Gasteiger partial charge in [0.05, 0.1) is 19.3 Å². The van der Waals surface area contributed by atoms with Gasteiger partial charge in [0.25, 0.3) is 0 Å². The average Bonchev–Trinajstić information content (AvgIpc) is 2.98. The first-order valence-corrected chi connectivity index (χ1v) is 13.8. The number of ketones is 1. The van der Waals surface area contributed by atoms with Crippen molar-refractivity contribution in [3.05, 3.63) is 118 Å². The second-order valence-corrected chi connectivity index (χ2v) is 10.2. The normalized spacial score (nSPS) is 18.6. The number of benzene rings is 3. The summed E-state index contributed by atoms with van der Waals surface area (Å²) in [6.45, 7) is 4.55. The lowest BCUT2D eigenvalue weighted by Crippen LogP contribution is -2.36. The monoisotopic (exact) mass is 537 g/mol. The van der Waals surface area contributed by atoms with E-state index in [2.05, 4.69) is 17.4 Å². The van der Waals surface area contributed by atoms with Crippen LogP contribution < -0.4 is 14.8 Å². The van der Waals surface area contributed by atoms with Crippen molar-refractivity contribution in [1.29, 1.82) is 0 Å². The highest BCUT2D eigenvalue weighted by Crippen LogP contribution is 2.47. The van der Waals surface area contributed by atoms with Crippen LogP contribution in [0, 0.1) is 0 Å². The van der Waals surface area contributed by atoms with Crippen LogP contribution in [0.15, 0.2) is 101 Å². The molecule has 0 spiro atoms. The summed E-state index contributed by atoms with van der Waals surface area (Å²) >= 11 is 0. The zero-order valence-electron chi connectivity index (χ0n) is 23.2.